The molecule has 0 bridgehead atoms. The Labute approximate surface area is 110 Å². The van der Waals surface area contributed by atoms with Crippen LogP contribution in [-0.2, 0) is 16.0 Å². The molecule has 2 heterocycles. The zero-order valence-electron chi connectivity index (χ0n) is 10.4. The number of hydrogen-bond donors (Lipinski definition) is 4. The highest BCUT2D eigenvalue weighted by atomic mass is 16.7. The van der Waals surface area contributed by atoms with E-state index in [-0.39, 0.29) is 6.61 Å². The van der Waals surface area contributed by atoms with Gasteiger partial charge in [-0.1, -0.05) is 0 Å². The molecule has 0 amide bonds. The van der Waals surface area contributed by atoms with Crippen molar-refractivity contribution in [3.8, 4) is 0 Å². The van der Waals surface area contributed by atoms with Gasteiger partial charge in [-0.05, 0) is 12.1 Å². The fourth-order valence-corrected chi connectivity index (χ4v) is 2.00. The molecule has 108 valence electrons. The molecule has 0 radical (unpaired) electrons. The molecule has 2 rings (SSSR count). The van der Waals surface area contributed by atoms with Gasteiger partial charge >= 0.3 is 0 Å². The van der Waals surface area contributed by atoms with Crippen LogP contribution in [0.3, 0.4) is 0 Å². The van der Waals surface area contributed by atoms with Gasteiger partial charge in [0.15, 0.2) is 6.29 Å². The third-order valence-corrected chi connectivity index (χ3v) is 3.15. The third kappa shape index (κ3) is 3.33. The van der Waals surface area contributed by atoms with Crippen LogP contribution in [0.5, 0.6) is 0 Å². The van der Waals surface area contributed by atoms with Gasteiger partial charge in [-0.25, -0.2) is 0 Å². The summed E-state index contributed by atoms with van der Waals surface area (Å²) < 4.78 is 12.4. The first-order valence-corrected chi connectivity index (χ1v) is 6.16. The van der Waals surface area contributed by atoms with E-state index in [0.29, 0.717) is 6.54 Å². The maximum absolute atomic E-state index is 9.73. The van der Waals surface area contributed by atoms with E-state index in [4.69, 9.17) is 14.6 Å². The van der Waals surface area contributed by atoms with Crippen molar-refractivity contribution >= 4 is 0 Å². The first-order chi connectivity index (χ1) is 9.13. The second-order valence-electron chi connectivity index (χ2n) is 4.49. The summed E-state index contributed by atoms with van der Waals surface area (Å²) in [6.45, 7) is 0.391. The van der Waals surface area contributed by atoms with Gasteiger partial charge in [0.25, 0.3) is 0 Å². The van der Waals surface area contributed by atoms with Crippen LogP contribution in [0.2, 0.25) is 0 Å². The minimum Gasteiger partial charge on any atom is -0.394 e. The largest absolute Gasteiger partial charge is 0.394 e. The molecule has 1 aromatic rings. The standard InChI is InChI=1S/C12H19NO6/c14-7-8-9(15)10(16)11(17)12(19-8)18-6-5-13-3-1-2-4-13/h1-4,8-12,14-17H,5-7H2. The zero-order valence-corrected chi connectivity index (χ0v) is 10.4. The molecule has 0 saturated carbocycles. The summed E-state index contributed by atoms with van der Waals surface area (Å²) >= 11 is 0. The molecule has 1 fully saturated rings. The Morgan fingerprint density at radius 2 is 1.74 bits per heavy atom. The Bertz CT molecular complexity index is 368. The van der Waals surface area contributed by atoms with Crippen LogP contribution < -0.4 is 0 Å². The van der Waals surface area contributed by atoms with E-state index < -0.39 is 37.3 Å². The summed E-state index contributed by atoms with van der Waals surface area (Å²) in [5.41, 5.74) is 0. The van der Waals surface area contributed by atoms with Crippen LogP contribution in [0.25, 0.3) is 0 Å². The second-order valence-corrected chi connectivity index (χ2v) is 4.49. The lowest BCUT2D eigenvalue weighted by atomic mass is 9.99. The fourth-order valence-electron chi connectivity index (χ4n) is 2.00. The second kappa shape index (κ2) is 6.47. The quantitative estimate of drug-likeness (QED) is 0.510. The molecule has 0 spiro atoms. The zero-order chi connectivity index (χ0) is 13.8. The van der Waals surface area contributed by atoms with Gasteiger partial charge in [-0.2, -0.15) is 0 Å². The molecular formula is C12H19NO6. The summed E-state index contributed by atoms with van der Waals surface area (Å²) in [5.74, 6) is 0. The van der Waals surface area contributed by atoms with Crippen LogP contribution in [-0.4, -0.2) is 68.9 Å². The van der Waals surface area contributed by atoms with Crippen molar-refractivity contribution in [1.82, 2.24) is 4.57 Å². The van der Waals surface area contributed by atoms with Crippen molar-refractivity contribution in [2.24, 2.45) is 0 Å². The molecule has 0 aliphatic carbocycles. The first-order valence-electron chi connectivity index (χ1n) is 6.16. The Morgan fingerprint density at radius 1 is 1.05 bits per heavy atom. The SMILES string of the molecule is OCC1OC(OCCn2cccc2)C(O)C(O)C1O. The number of aliphatic hydroxyl groups is 4. The van der Waals surface area contributed by atoms with Crippen LogP contribution >= 0.6 is 0 Å². The summed E-state index contributed by atoms with van der Waals surface area (Å²) in [5, 5.41) is 37.9. The normalized spacial score (nSPS) is 35.5. The van der Waals surface area contributed by atoms with Gasteiger partial charge in [0, 0.05) is 18.9 Å². The molecule has 0 aromatic carbocycles. The van der Waals surface area contributed by atoms with Gasteiger partial charge in [-0.3, -0.25) is 0 Å². The summed E-state index contributed by atoms with van der Waals surface area (Å²) in [4.78, 5) is 0. The van der Waals surface area contributed by atoms with Gasteiger partial charge < -0.3 is 34.5 Å². The smallest absolute Gasteiger partial charge is 0.186 e. The Balaban J connectivity index is 1.84. The van der Waals surface area contributed by atoms with Crippen molar-refractivity contribution in [2.75, 3.05) is 13.2 Å². The van der Waals surface area contributed by atoms with E-state index in [1.165, 1.54) is 0 Å². The molecule has 5 atom stereocenters. The van der Waals surface area contributed by atoms with E-state index in [0.717, 1.165) is 0 Å². The molecular weight excluding hydrogens is 254 g/mol. The lowest BCUT2D eigenvalue weighted by Crippen LogP contribution is -2.59. The number of ether oxygens (including phenoxy) is 2. The van der Waals surface area contributed by atoms with Crippen LogP contribution in [0.15, 0.2) is 24.5 Å². The first kappa shape index (κ1) is 14.4. The van der Waals surface area contributed by atoms with E-state index in [1.807, 2.05) is 29.1 Å². The van der Waals surface area contributed by atoms with E-state index in [1.54, 1.807) is 0 Å². The highest BCUT2D eigenvalue weighted by Crippen LogP contribution is 2.21. The van der Waals surface area contributed by atoms with Gasteiger partial charge in [0.1, 0.15) is 24.4 Å². The topological polar surface area (TPSA) is 104 Å². The number of nitrogens with zero attached hydrogens (tertiary/aromatic N) is 1. The number of hydrogen-bond acceptors (Lipinski definition) is 6. The molecule has 7 heteroatoms. The molecule has 4 N–H and O–H groups in total. The van der Waals surface area contributed by atoms with Gasteiger partial charge in [-0.15, -0.1) is 0 Å². The van der Waals surface area contributed by atoms with E-state index in [9.17, 15) is 15.3 Å². The van der Waals surface area contributed by atoms with Crippen molar-refractivity contribution in [1.29, 1.82) is 0 Å². The average molecular weight is 273 g/mol. The number of aliphatic hydroxyl groups excluding tert-OH is 4. The summed E-state index contributed by atoms with van der Waals surface area (Å²) in [7, 11) is 0. The fraction of sp³-hybridized carbons (Fsp3) is 0.667. The molecule has 1 aliphatic heterocycles. The van der Waals surface area contributed by atoms with Crippen molar-refractivity contribution < 1.29 is 29.9 Å². The minimum atomic E-state index is -1.40. The Morgan fingerprint density at radius 3 is 2.37 bits per heavy atom. The predicted octanol–water partition coefficient (Wildman–Crippen LogP) is -1.70. The third-order valence-electron chi connectivity index (χ3n) is 3.15. The lowest BCUT2D eigenvalue weighted by molar-refractivity contribution is -0.301. The lowest BCUT2D eigenvalue weighted by Gasteiger charge is -2.39. The molecule has 5 unspecified atom stereocenters. The number of rotatable bonds is 5. The van der Waals surface area contributed by atoms with Crippen LogP contribution in [0.1, 0.15) is 0 Å². The highest BCUT2D eigenvalue weighted by molar-refractivity contribution is 4.90. The maximum atomic E-state index is 9.73. The number of aromatic nitrogens is 1. The molecule has 1 saturated heterocycles. The Hall–Kier alpha value is -0.960. The molecule has 7 nitrogen and oxygen atoms in total. The monoisotopic (exact) mass is 273 g/mol. The van der Waals surface area contributed by atoms with Crippen LogP contribution in [0, 0.1) is 0 Å². The predicted molar refractivity (Wildman–Crippen MR) is 64.2 cm³/mol. The maximum Gasteiger partial charge on any atom is 0.186 e. The van der Waals surface area contributed by atoms with Crippen molar-refractivity contribution in [3.63, 3.8) is 0 Å². The highest BCUT2D eigenvalue weighted by Gasteiger charge is 2.43. The Kier molecular flexibility index (Phi) is 4.92. The van der Waals surface area contributed by atoms with Crippen molar-refractivity contribution in [3.05, 3.63) is 24.5 Å². The van der Waals surface area contributed by atoms with E-state index in [2.05, 4.69) is 0 Å². The van der Waals surface area contributed by atoms with Gasteiger partial charge in [0.05, 0.1) is 13.2 Å². The molecule has 19 heavy (non-hydrogen) atoms. The summed E-state index contributed by atoms with van der Waals surface area (Å²) in [6.07, 6.45) is -2.36. The van der Waals surface area contributed by atoms with Gasteiger partial charge in [0.2, 0.25) is 0 Å². The van der Waals surface area contributed by atoms with Crippen molar-refractivity contribution in [2.45, 2.75) is 37.3 Å². The average Bonchev–Trinajstić information content (AvgIpc) is 2.92. The summed E-state index contributed by atoms with van der Waals surface area (Å²) in [6, 6.07) is 3.77. The molecule has 1 aromatic heterocycles. The van der Waals surface area contributed by atoms with Crippen LogP contribution in [0.4, 0.5) is 0 Å². The van der Waals surface area contributed by atoms with E-state index >= 15 is 0 Å². The minimum absolute atomic E-state index is 0.275. The molecule has 1 aliphatic rings.